The maximum atomic E-state index is 8.44. The standard InChI is InChI=1S/Cr.Na.2H2O3S/c;;2*1-4(2)3/h;;2*(H2,1,2,3)/q+3;+1;;/p-4. The molecule has 0 aliphatic heterocycles. The molecule has 55 valence electrons. The summed E-state index contributed by atoms with van der Waals surface area (Å²) in [6.45, 7) is 0. The molecule has 0 fully saturated rings. The summed E-state index contributed by atoms with van der Waals surface area (Å²) in [4.78, 5) is 0. The van der Waals surface area contributed by atoms with Crippen LogP contribution in [0, 0.1) is 0 Å². The van der Waals surface area contributed by atoms with Crippen LogP contribution in [-0.2, 0) is 40.1 Å². The first-order chi connectivity index (χ1) is 3.46. The third-order valence-corrected chi connectivity index (χ3v) is 0. The molecule has 0 amide bonds. The van der Waals surface area contributed by atoms with Crippen LogP contribution in [0.5, 0.6) is 0 Å². The summed E-state index contributed by atoms with van der Waals surface area (Å²) in [6, 6.07) is 0. The quantitative estimate of drug-likeness (QED) is 0.305. The Morgan fingerprint density at radius 2 is 0.800 bits per heavy atom. The largest absolute Gasteiger partial charge is 3.00 e. The Bertz CT molecular complexity index is 73.7. The van der Waals surface area contributed by atoms with Gasteiger partial charge in [0.1, 0.15) is 0 Å². The van der Waals surface area contributed by atoms with Gasteiger partial charge in [-0.2, -0.15) is 0 Å². The van der Waals surface area contributed by atoms with Gasteiger partial charge < -0.3 is 18.2 Å². The second-order valence-electron chi connectivity index (χ2n) is 0.408. The molecule has 10 heteroatoms. The van der Waals surface area contributed by atoms with Crippen LogP contribution in [0.4, 0.5) is 0 Å². The van der Waals surface area contributed by atoms with Gasteiger partial charge in [0.2, 0.25) is 0 Å². The van der Waals surface area contributed by atoms with Crippen molar-refractivity contribution in [2.75, 3.05) is 0 Å². The minimum atomic E-state index is -3.11. The Morgan fingerprint density at radius 3 is 0.800 bits per heavy atom. The van der Waals surface area contributed by atoms with E-state index in [2.05, 4.69) is 0 Å². The molecule has 0 aliphatic rings. The minimum absolute atomic E-state index is 0. The fourth-order valence-electron chi connectivity index (χ4n) is 0. The van der Waals surface area contributed by atoms with E-state index in [1.54, 1.807) is 0 Å². The van der Waals surface area contributed by atoms with Crippen molar-refractivity contribution < 1.29 is 73.5 Å². The number of hydrogen-bond donors (Lipinski definition) is 0. The Kier molecular flexibility index (Phi) is 38.3. The molecular formula is CrNaO6S2. The summed E-state index contributed by atoms with van der Waals surface area (Å²) >= 11 is -6.22. The van der Waals surface area contributed by atoms with Crippen LogP contribution >= 0.6 is 0 Å². The zero-order valence-electron chi connectivity index (χ0n) is 4.67. The molecule has 0 aromatic carbocycles. The van der Waals surface area contributed by atoms with E-state index >= 15 is 0 Å². The first-order valence-corrected chi connectivity index (χ1v) is 3.00. The van der Waals surface area contributed by atoms with Crippen LogP contribution in [-0.4, -0.2) is 26.6 Å². The summed E-state index contributed by atoms with van der Waals surface area (Å²) in [5.41, 5.74) is 0. The van der Waals surface area contributed by atoms with Crippen molar-refractivity contribution in [3.05, 3.63) is 0 Å². The van der Waals surface area contributed by atoms with Crippen LogP contribution in [0.3, 0.4) is 0 Å². The van der Waals surface area contributed by atoms with E-state index < -0.39 is 22.7 Å². The first-order valence-electron chi connectivity index (χ1n) is 1.00. The van der Waals surface area contributed by atoms with Gasteiger partial charge in [0, 0.05) is 0 Å². The van der Waals surface area contributed by atoms with E-state index in [-0.39, 0.29) is 46.9 Å². The van der Waals surface area contributed by atoms with Gasteiger partial charge in [-0.25, -0.2) is 0 Å². The molecule has 0 bridgehead atoms. The van der Waals surface area contributed by atoms with Crippen molar-refractivity contribution in [2.24, 2.45) is 0 Å². The molecule has 0 spiro atoms. The average molecular weight is 235 g/mol. The van der Waals surface area contributed by atoms with Crippen LogP contribution in [0.25, 0.3) is 0 Å². The Labute approximate surface area is 95.4 Å². The molecule has 0 N–H and O–H groups in total. The number of hydrogen-bond acceptors (Lipinski definition) is 6. The zero-order valence-corrected chi connectivity index (χ0v) is 9.58. The molecule has 0 aliphatic carbocycles. The van der Waals surface area contributed by atoms with Crippen molar-refractivity contribution in [1.29, 1.82) is 0 Å². The molecule has 6 nitrogen and oxygen atoms in total. The summed E-state index contributed by atoms with van der Waals surface area (Å²) in [6.07, 6.45) is 0. The molecule has 0 atom stereocenters. The van der Waals surface area contributed by atoms with Crippen molar-refractivity contribution in [3.63, 3.8) is 0 Å². The normalized spacial score (nSPS) is 7.00. The molecule has 0 unspecified atom stereocenters. The molecule has 1 radical (unpaired) electrons. The molecule has 0 heterocycles. The second kappa shape index (κ2) is 17.0. The van der Waals surface area contributed by atoms with E-state index in [0.29, 0.717) is 0 Å². The van der Waals surface area contributed by atoms with Gasteiger partial charge in [-0.05, 0) is 0 Å². The maximum absolute atomic E-state index is 8.44. The van der Waals surface area contributed by atoms with Gasteiger partial charge in [-0.15, -0.1) is 22.7 Å². The van der Waals surface area contributed by atoms with Gasteiger partial charge in [0.25, 0.3) is 0 Å². The predicted octanol–water partition coefficient (Wildman–Crippen LogP) is -5.01. The van der Waals surface area contributed by atoms with Crippen LogP contribution in [0.15, 0.2) is 0 Å². The van der Waals surface area contributed by atoms with Gasteiger partial charge in [-0.1, -0.05) is 0 Å². The molecule has 0 aromatic heterocycles. The smallest absolute Gasteiger partial charge is 0.784 e. The SMILES string of the molecule is O=S([O-])[O-].O=S([O-])[O-].[Cr+3].[Na+]. The van der Waals surface area contributed by atoms with E-state index in [9.17, 15) is 0 Å². The molecule has 0 saturated carbocycles. The van der Waals surface area contributed by atoms with Gasteiger partial charge in [-0.3, -0.25) is 8.42 Å². The maximum Gasteiger partial charge on any atom is 3.00 e. The van der Waals surface area contributed by atoms with E-state index in [0.717, 1.165) is 0 Å². The van der Waals surface area contributed by atoms with Crippen molar-refractivity contribution in [2.45, 2.75) is 0 Å². The third-order valence-electron chi connectivity index (χ3n) is 0. The summed E-state index contributed by atoms with van der Waals surface area (Å²) in [7, 11) is 0. The fourth-order valence-corrected chi connectivity index (χ4v) is 0. The first kappa shape index (κ1) is 22.6. The molecule has 0 aromatic rings. The fraction of sp³-hybridized carbons (Fsp3) is 0. The Hall–Kier alpha value is 1.67. The Balaban J connectivity index is -0.0000000300. The molecule has 0 rings (SSSR count). The van der Waals surface area contributed by atoms with Crippen LogP contribution < -0.4 is 29.6 Å². The van der Waals surface area contributed by atoms with Crippen molar-refractivity contribution in [3.8, 4) is 0 Å². The van der Waals surface area contributed by atoms with Crippen LogP contribution in [0.2, 0.25) is 0 Å². The summed E-state index contributed by atoms with van der Waals surface area (Å²) in [5, 5.41) is 0. The summed E-state index contributed by atoms with van der Waals surface area (Å²) in [5.74, 6) is 0. The zero-order chi connectivity index (χ0) is 7.15. The third kappa shape index (κ3) is 260. The van der Waals surface area contributed by atoms with E-state index in [1.807, 2.05) is 0 Å². The van der Waals surface area contributed by atoms with E-state index in [1.165, 1.54) is 0 Å². The minimum Gasteiger partial charge on any atom is -0.784 e. The molecule has 0 saturated heterocycles. The summed E-state index contributed by atoms with van der Waals surface area (Å²) < 4.78 is 50.7. The van der Waals surface area contributed by atoms with Crippen LogP contribution in [0.1, 0.15) is 0 Å². The molecular weight excluding hydrogens is 235 g/mol. The van der Waals surface area contributed by atoms with Gasteiger partial charge in [0.15, 0.2) is 0 Å². The van der Waals surface area contributed by atoms with Gasteiger partial charge >= 0.3 is 46.9 Å². The topological polar surface area (TPSA) is 126 Å². The van der Waals surface area contributed by atoms with Crippen molar-refractivity contribution in [1.82, 2.24) is 0 Å². The Morgan fingerprint density at radius 1 is 0.800 bits per heavy atom. The number of rotatable bonds is 0. The average Bonchev–Trinajstić information content (AvgIpc) is 1.25. The van der Waals surface area contributed by atoms with Gasteiger partial charge in [0.05, 0.1) is 0 Å². The van der Waals surface area contributed by atoms with E-state index in [4.69, 9.17) is 26.6 Å². The van der Waals surface area contributed by atoms with Crippen molar-refractivity contribution >= 4 is 22.7 Å². The molecule has 10 heavy (non-hydrogen) atoms. The monoisotopic (exact) mass is 235 g/mol. The second-order valence-corrected chi connectivity index (χ2v) is 1.22. The predicted molar refractivity (Wildman–Crippen MR) is 19.4 cm³/mol.